The van der Waals surface area contributed by atoms with Crippen molar-refractivity contribution in [3.63, 3.8) is 0 Å². The van der Waals surface area contributed by atoms with Crippen molar-refractivity contribution in [2.24, 2.45) is 5.73 Å². The molecule has 3 N–H and O–H groups in total. The number of likely N-dealkylation sites (N-methyl/N-ethyl adjacent to an activating group) is 1. The highest BCUT2D eigenvalue weighted by atomic mass is 79.9. The molecule has 4 rings (SSSR count). The third-order valence-corrected chi connectivity index (χ3v) is 6.67. The number of allylic oxidation sites excluding steroid dienone is 1. The molecule has 0 aliphatic carbocycles. The van der Waals surface area contributed by atoms with E-state index in [9.17, 15) is 5.26 Å². The molecule has 0 fully saturated rings. The fourth-order valence-electron chi connectivity index (χ4n) is 4.08. The number of nitrogens with one attached hydrogen (secondary N) is 1. The summed E-state index contributed by atoms with van der Waals surface area (Å²) in [6, 6.07) is 18.6. The maximum absolute atomic E-state index is 9.86. The molecule has 4 nitrogen and oxygen atoms in total. The summed E-state index contributed by atoms with van der Waals surface area (Å²) in [6.45, 7) is 4.85. The lowest BCUT2D eigenvalue weighted by atomic mass is 9.80. The first kappa shape index (κ1) is 20.9. The Morgan fingerprint density at radius 2 is 1.73 bits per heavy atom. The summed E-state index contributed by atoms with van der Waals surface area (Å²) in [7, 11) is 0. The van der Waals surface area contributed by atoms with Crippen LogP contribution in [0.15, 0.2) is 85.8 Å². The summed E-state index contributed by atoms with van der Waals surface area (Å²) in [6.07, 6.45) is 2.17. The van der Waals surface area contributed by atoms with Crippen LogP contribution in [0, 0.1) is 11.3 Å². The second-order valence-electron chi connectivity index (χ2n) is 7.51. The van der Waals surface area contributed by atoms with Gasteiger partial charge < -0.3 is 15.4 Å². The topological polar surface area (TPSA) is 63.5 Å². The highest BCUT2D eigenvalue weighted by molar-refractivity contribution is 9.10. The van der Waals surface area contributed by atoms with Crippen LogP contribution in [0.1, 0.15) is 24.0 Å². The van der Waals surface area contributed by atoms with Crippen molar-refractivity contribution < 1.29 is 9.64 Å². The lowest BCUT2D eigenvalue weighted by molar-refractivity contribution is -0.890. The van der Waals surface area contributed by atoms with Crippen LogP contribution in [-0.4, -0.2) is 19.6 Å². The van der Waals surface area contributed by atoms with Crippen molar-refractivity contribution in [1.29, 1.82) is 5.26 Å². The molecule has 30 heavy (non-hydrogen) atoms. The number of nitrogens with two attached hydrogens (primary N) is 1. The summed E-state index contributed by atoms with van der Waals surface area (Å²) < 4.78 is 8.13. The van der Waals surface area contributed by atoms with Crippen LogP contribution in [0.3, 0.4) is 0 Å². The van der Waals surface area contributed by atoms with Gasteiger partial charge in [-0.2, -0.15) is 5.26 Å². The molecule has 2 aliphatic heterocycles. The molecule has 2 aliphatic rings. The summed E-state index contributed by atoms with van der Waals surface area (Å²) in [5, 5.41) is 9.86. The van der Waals surface area contributed by atoms with E-state index in [4.69, 9.17) is 10.5 Å². The molecular weight excluding hydrogens is 506 g/mol. The van der Waals surface area contributed by atoms with E-state index in [1.165, 1.54) is 4.90 Å². The van der Waals surface area contributed by atoms with Crippen LogP contribution in [0.4, 0.5) is 0 Å². The number of hydrogen-bond acceptors (Lipinski definition) is 3. The van der Waals surface area contributed by atoms with Crippen LogP contribution in [0.25, 0.3) is 6.08 Å². The molecule has 2 aromatic carbocycles. The number of rotatable bonds is 3. The van der Waals surface area contributed by atoms with Gasteiger partial charge in [-0.15, -0.1) is 0 Å². The Morgan fingerprint density at radius 3 is 2.33 bits per heavy atom. The molecule has 0 aromatic heterocycles. The van der Waals surface area contributed by atoms with Crippen molar-refractivity contribution in [2.75, 3.05) is 19.6 Å². The molecular formula is C24H22Br2N3O+. The predicted octanol–water partition coefficient (Wildman–Crippen LogP) is 4.28. The van der Waals surface area contributed by atoms with E-state index >= 15 is 0 Å². The lowest BCUT2D eigenvalue weighted by Crippen LogP contribution is -3.12. The first-order valence-electron chi connectivity index (χ1n) is 9.86. The first-order chi connectivity index (χ1) is 14.5. The van der Waals surface area contributed by atoms with Gasteiger partial charge in [0.1, 0.15) is 30.5 Å². The molecule has 2 atom stereocenters. The van der Waals surface area contributed by atoms with Crippen molar-refractivity contribution >= 4 is 37.9 Å². The number of ether oxygens (including phenoxy) is 1. The average Bonchev–Trinajstić information content (AvgIpc) is 2.75. The molecule has 0 spiro atoms. The van der Waals surface area contributed by atoms with E-state index in [1.54, 1.807) is 0 Å². The van der Waals surface area contributed by atoms with Crippen LogP contribution >= 0.6 is 31.9 Å². The van der Waals surface area contributed by atoms with Crippen molar-refractivity contribution in [2.45, 2.75) is 12.8 Å². The number of nitriles is 1. The van der Waals surface area contributed by atoms with Gasteiger partial charge in [-0.25, -0.2) is 0 Å². The standard InChI is InChI=1S/C24H21Br2N3O/c1-2-29-13-17(11-15-3-7-18(25)8-4-15)23-21(14-29)22(20(12-27)24(28)30-23)16-5-9-19(26)10-6-16/h3-11,22H,2,13-14,28H2,1H3/p+1/b17-11-/t22-/m0/s1. The summed E-state index contributed by atoms with van der Waals surface area (Å²) in [5.41, 5.74) is 11.1. The van der Waals surface area contributed by atoms with Crippen molar-refractivity contribution in [3.8, 4) is 6.07 Å². The Bertz CT molecular complexity index is 1090. The largest absolute Gasteiger partial charge is 0.440 e. The van der Waals surface area contributed by atoms with Crippen LogP contribution in [0.5, 0.6) is 0 Å². The lowest BCUT2D eigenvalue weighted by Gasteiger charge is -2.36. The minimum atomic E-state index is -0.193. The molecule has 0 radical (unpaired) electrons. The summed E-state index contributed by atoms with van der Waals surface area (Å²) in [5.74, 6) is 0.826. The normalized spacial score (nSPS) is 22.5. The van der Waals surface area contributed by atoms with Gasteiger partial charge >= 0.3 is 0 Å². The fraction of sp³-hybridized carbons (Fsp3) is 0.208. The third kappa shape index (κ3) is 4.11. The Morgan fingerprint density at radius 1 is 1.10 bits per heavy atom. The number of quaternary nitrogens is 1. The van der Waals surface area contributed by atoms with Crippen LogP contribution in [0.2, 0.25) is 0 Å². The smallest absolute Gasteiger partial charge is 0.205 e. The maximum Gasteiger partial charge on any atom is 0.205 e. The zero-order valence-electron chi connectivity index (χ0n) is 16.6. The fourth-order valence-corrected chi connectivity index (χ4v) is 4.61. The molecule has 2 heterocycles. The molecule has 0 bridgehead atoms. The van der Waals surface area contributed by atoms with Gasteiger partial charge in [-0.05, 0) is 48.4 Å². The van der Waals surface area contributed by atoms with Gasteiger partial charge in [0.2, 0.25) is 5.88 Å². The molecule has 0 saturated carbocycles. The van der Waals surface area contributed by atoms with Gasteiger partial charge in [0.25, 0.3) is 0 Å². The Labute approximate surface area is 193 Å². The van der Waals surface area contributed by atoms with Crippen LogP contribution < -0.4 is 10.6 Å². The van der Waals surface area contributed by atoms with Gasteiger partial charge in [0.15, 0.2) is 0 Å². The Kier molecular flexibility index (Phi) is 6.14. The summed E-state index contributed by atoms with van der Waals surface area (Å²) >= 11 is 6.99. The molecule has 152 valence electrons. The highest BCUT2D eigenvalue weighted by Gasteiger charge is 2.39. The van der Waals surface area contributed by atoms with E-state index in [2.05, 4.69) is 63.1 Å². The Balaban J connectivity index is 1.86. The maximum atomic E-state index is 9.86. The van der Waals surface area contributed by atoms with Gasteiger partial charge in [0.05, 0.1) is 12.5 Å². The van der Waals surface area contributed by atoms with Crippen LogP contribution in [-0.2, 0) is 4.74 Å². The molecule has 1 unspecified atom stereocenters. The minimum Gasteiger partial charge on any atom is -0.440 e. The van der Waals surface area contributed by atoms with Gasteiger partial charge in [-0.3, -0.25) is 0 Å². The summed E-state index contributed by atoms with van der Waals surface area (Å²) in [4.78, 5) is 1.43. The SMILES string of the molecule is CC[NH+]1CC2=C(OC(N)=C(C#N)[C@@H]2c2ccc(Br)cc2)/C(=C\c2ccc(Br)cc2)C1. The second kappa shape index (κ2) is 8.81. The molecule has 6 heteroatoms. The minimum absolute atomic E-state index is 0.193. The quantitative estimate of drug-likeness (QED) is 0.626. The number of halogens is 2. The van der Waals surface area contributed by atoms with E-state index in [-0.39, 0.29) is 11.8 Å². The van der Waals surface area contributed by atoms with E-state index < -0.39 is 0 Å². The monoisotopic (exact) mass is 526 g/mol. The van der Waals surface area contributed by atoms with E-state index in [0.29, 0.717) is 5.57 Å². The molecule has 2 aromatic rings. The first-order valence-corrected chi connectivity index (χ1v) is 11.4. The van der Waals surface area contributed by atoms with Gasteiger partial charge in [0, 0.05) is 20.1 Å². The van der Waals surface area contributed by atoms with Crippen molar-refractivity contribution in [1.82, 2.24) is 0 Å². The third-order valence-electron chi connectivity index (χ3n) is 5.61. The van der Waals surface area contributed by atoms with Crippen molar-refractivity contribution in [3.05, 3.63) is 97.0 Å². The van der Waals surface area contributed by atoms with Gasteiger partial charge in [-0.1, -0.05) is 56.1 Å². The zero-order chi connectivity index (χ0) is 21.3. The molecule has 0 amide bonds. The number of benzene rings is 2. The van der Waals surface area contributed by atoms with E-state index in [1.807, 2.05) is 36.4 Å². The zero-order valence-corrected chi connectivity index (χ0v) is 19.8. The number of nitrogens with zero attached hydrogens (tertiary/aromatic N) is 1. The number of hydrogen-bond donors (Lipinski definition) is 2. The average molecular weight is 528 g/mol. The molecule has 0 saturated heterocycles. The van der Waals surface area contributed by atoms with E-state index in [0.717, 1.165) is 56.6 Å². The predicted molar refractivity (Wildman–Crippen MR) is 125 cm³/mol. The Hall–Kier alpha value is -2.33. The second-order valence-corrected chi connectivity index (χ2v) is 9.34. The highest BCUT2D eigenvalue weighted by Crippen LogP contribution is 2.41.